The molecule has 120 valence electrons. The highest BCUT2D eigenvalue weighted by atomic mass is 32.1. The fourth-order valence-corrected chi connectivity index (χ4v) is 2.09. The molecule has 1 aromatic carbocycles. The molecule has 0 aliphatic rings. The summed E-state index contributed by atoms with van der Waals surface area (Å²) in [4.78, 5) is 12.1. The van der Waals surface area contributed by atoms with E-state index >= 15 is 0 Å². The molecule has 23 heavy (non-hydrogen) atoms. The third-order valence-electron chi connectivity index (χ3n) is 2.98. The van der Waals surface area contributed by atoms with Crippen LogP contribution in [0, 0.1) is 0 Å². The third kappa shape index (κ3) is 4.65. The number of hydrogen-bond acceptors (Lipinski definition) is 5. The van der Waals surface area contributed by atoms with Crippen LogP contribution in [0.1, 0.15) is 18.2 Å². The fourth-order valence-electron chi connectivity index (χ4n) is 1.99. The molecule has 0 unspecified atom stereocenters. The fraction of sp³-hybridized carbons (Fsp3) is 0.188. The molecule has 2 aromatic rings. The second-order valence-corrected chi connectivity index (χ2v) is 5.20. The first-order valence-corrected chi connectivity index (χ1v) is 7.46. The van der Waals surface area contributed by atoms with Gasteiger partial charge in [0, 0.05) is 11.8 Å². The van der Waals surface area contributed by atoms with Crippen LogP contribution in [0.5, 0.6) is 0 Å². The molecule has 2 rings (SSSR count). The maximum Gasteiger partial charge on any atom is 0.267 e. The second-order valence-electron chi connectivity index (χ2n) is 4.76. The van der Waals surface area contributed by atoms with E-state index in [-0.39, 0.29) is 10.5 Å². The van der Waals surface area contributed by atoms with E-state index in [2.05, 4.69) is 17.0 Å². The van der Waals surface area contributed by atoms with Gasteiger partial charge >= 0.3 is 0 Å². The van der Waals surface area contributed by atoms with E-state index in [1.165, 1.54) is 16.8 Å². The number of anilines is 1. The van der Waals surface area contributed by atoms with Crippen LogP contribution < -0.4 is 16.6 Å². The van der Waals surface area contributed by atoms with Crippen molar-refractivity contribution in [2.75, 3.05) is 11.9 Å². The summed E-state index contributed by atoms with van der Waals surface area (Å²) in [5.41, 5.74) is 7.46. The molecule has 7 heteroatoms. The largest absolute Gasteiger partial charge is 0.480 e. The number of thiocarbonyl (C=S) groups is 1. The molecule has 0 atom stereocenters. The Bertz CT molecular complexity index is 786. The van der Waals surface area contributed by atoms with Crippen molar-refractivity contribution >= 4 is 22.9 Å². The van der Waals surface area contributed by atoms with Crippen LogP contribution in [0.4, 0.5) is 5.69 Å². The third-order valence-corrected chi connectivity index (χ3v) is 3.19. The van der Waals surface area contributed by atoms with Crippen LogP contribution >= 0.6 is 12.2 Å². The quantitative estimate of drug-likeness (QED) is 0.595. The number of rotatable bonds is 7. The van der Waals surface area contributed by atoms with Gasteiger partial charge in [0.25, 0.3) is 5.56 Å². The predicted octanol–water partition coefficient (Wildman–Crippen LogP) is 1.85. The summed E-state index contributed by atoms with van der Waals surface area (Å²) >= 11 is 4.89. The molecule has 0 aliphatic carbocycles. The normalized spacial score (nSPS) is 10.1. The molecular formula is C16H18N4O2S. The average molecular weight is 330 g/mol. The van der Waals surface area contributed by atoms with Gasteiger partial charge in [-0.3, -0.25) is 4.79 Å². The number of benzene rings is 1. The minimum absolute atomic E-state index is 0.155. The van der Waals surface area contributed by atoms with Crippen LogP contribution in [-0.4, -0.2) is 21.4 Å². The maximum absolute atomic E-state index is 11.9. The Morgan fingerprint density at radius 3 is 2.91 bits per heavy atom. The zero-order chi connectivity index (χ0) is 16.8. The molecule has 0 fully saturated rings. The SMILES string of the molecule is C=C(Nc1cccc(Cn2nc(C(N)=S)ccc2=O)c1)OCC. The topological polar surface area (TPSA) is 82.2 Å². The Balaban J connectivity index is 2.20. The maximum atomic E-state index is 11.9. The summed E-state index contributed by atoms with van der Waals surface area (Å²) in [5.74, 6) is 0.468. The number of hydrogen-bond donors (Lipinski definition) is 2. The zero-order valence-electron chi connectivity index (χ0n) is 12.8. The van der Waals surface area contributed by atoms with E-state index in [4.69, 9.17) is 22.7 Å². The minimum atomic E-state index is -0.220. The average Bonchev–Trinajstić information content (AvgIpc) is 2.50. The standard InChI is InChI=1S/C16H18N4O2S/c1-3-22-11(2)18-13-6-4-5-12(9-13)10-20-15(21)8-7-14(19-20)16(17)23/h4-9,18H,2-3,10H2,1H3,(H2,17,23). The lowest BCUT2D eigenvalue weighted by Gasteiger charge is -2.11. The van der Waals surface area contributed by atoms with Gasteiger partial charge in [-0.2, -0.15) is 5.10 Å². The Hall–Kier alpha value is -2.67. The minimum Gasteiger partial charge on any atom is -0.480 e. The van der Waals surface area contributed by atoms with E-state index in [0.717, 1.165) is 11.3 Å². The highest BCUT2D eigenvalue weighted by Crippen LogP contribution is 2.13. The Morgan fingerprint density at radius 2 is 2.22 bits per heavy atom. The van der Waals surface area contributed by atoms with Crippen molar-refractivity contribution < 1.29 is 4.74 Å². The first-order valence-electron chi connectivity index (χ1n) is 7.05. The van der Waals surface area contributed by atoms with Gasteiger partial charge in [-0.05, 0) is 37.3 Å². The van der Waals surface area contributed by atoms with E-state index in [0.29, 0.717) is 24.7 Å². The molecule has 0 spiro atoms. The molecule has 0 radical (unpaired) electrons. The smallest absolute Gasteiger partial charge is 0.267 e. The van der Waals surface area contributed by atoms with Crippen molar-refractivity contribution in [3.05, 3.63) is 70.5 Å². The van der Waals surface area contributed by atoms with E-state index in [1.54, 1.807) is 0 Å². The zero-order valence-corrected chi connectivity index (χ0v) is 13.6. The van der Waals surface area contributed by atoms with Crippen molar-refractivity contribution in [3.63, 3.8) is 0 Å². The summed E-state index contributed by atoms with van der Waals surface area (Å²) in [7, 11) is 0. The van der Waals surface area contributed by atoms with Crippen LogP contribution in [0.3, 0.4) is 0 Å². The molecule has 6 nitrogen and oxygen atoms in total. The number of aromatic nitrogens is 2. The molecule has 0 saturated carbocycles. The number of nitrogens with zero attached hydrogens (tertiary/aromatic N) is 2. The Kier molecular flexibility index (Phi) is 5.48. The van der Waals surface area contributed by atoms with Gasteiger partial charge in [0.2, 0.25) is 0 Å². The van der Waals surface area contributed by atoms with Gasteiger partial charge in [0.05, 0.1) is 13.2 Å². The summed E-state index contributed by atoms with van der Waals surface area (Å²) in [5, 5.41) is 7.21. The number of nitrogens with two attached hydrogens (primary N) is 1. The van der Waals surface area contributed by atoms with Crippen molar-refractivity contribution in [1.82, 2.24) is 9.78 Å². The summed E-state index contributed by atoms with van der Waals surface area (Å²) in [6.45, 7) is 6.50. The summed E-state index contributed by atoms with van der Waals surface area (Å²) < 4.78 is 6.59. The highest BCUT2D eigenvalue weighted by molar-refractivity contribution is 7.80. The number of ether oxygens (including phenoxy) is 1. The molecule has 1 aromatic heterocycles. The predicted molar refractivity (Wildman–Crippen MR) is 94.3 cm³/mol. The molecule has 3 N–H and O–H groups in total. The summed E-state index contributed by atoms with van der Waals surface area (Å²) in [6, 6.07) is 10.5. The molecule has 0 saturated heterocycles. The van der Waals surface area contributed by atoms with Crippen LogP contribution in [-0.2, 0) is 11.3 Å². The summed E-state index contributed by atoms with van der Waals surface area (Å²) in [6.07, 6.45) is 0. The van der Waals surface area contributed by atoms with Crippen molar-refractivity contribution in [2.24, 2.45) is 5.73 Å². The van der Waals surface area contributed by atoms with Gasteiger partial charge in [-0.15, -0.1) is 0 Å². The Labute approximate surface area is 139 Å². The lowest BCUT2D eigenvalue weighted by Crippen LogP contribution is -2.26. The van der Waals surface area contributed by atoms with Crippen LogP contribution in [0.15, 0.2) is 53.7 Å². The van der Waals surface area contributed by atoms with Crippen LogP contribution in [0.2, 0.25) is 0 Å². The molecule has 1 heterocycles. The van der Waals surface area contributed by atoms with Crippen LogP contribution in [0.25, 0.3) is 0 Å². The van der Waals surface area contributed by atoms with Crippen molar-refractivity contribution in [3.8, 4) is 0 Å². The molecular weight excluding hydrogens is 312 g/mol. The van der Waals surface area contributed by atoms with Crippen molar-refractivity contribution in [1.29, 1.82) is 0 Å². The van der Waals surface area contributed by atoms with E-state index in [1.807, 2.05) is 31.2 Å². The van der Waals surface area contributed by atoms with E-state index < -0.39 is 0 Å². The molecule has 0 amide bonds. The van der Waals surface area contributed by atoms with Crippen molar-refractivity contribution in [2.45, 2.75) is 13.5 Å². The van der Waals surface area contributed by atoms with Gasteiger partial charge in [0.1, 0.15) is 10.7 Å². The Morgan fingerprint density at radius 1 is 1.43 bits per heavy atom. The van der Waals surface area contributed by atoms with Gasteiger partial charge in [0.15, 0.2) is 5.88 Å². The lowest BCUT2D eigenvalue weighted by atomic mass is 10.2. The first-order chi connectivity index (χ1) is 11.0. The number of nitrogens with one attached hydrogen (secondary N) is 1. The monoisotopic (exact) mass is 330 g/mol. The highest BCUT2D eigenvalue weighted by Gasteiger charge is 2.05. The molecule has 0 bridgehead atoms. The second kappa shape index (κ2) is 7.55. The van der Waals surface area contributed by atoms with Gasteiger partial charge in [-0.1, -0.05) is 24.4 Å². The van der Waals surface area contributed by atoms with E-state index in [9.17, 15) is 4.79 Å². The lowest BCUT2D eigenvalue weighted by molar-refractivity contribution is 0.236. The first kappa shape index (κ1) is 16.7. The molecule has 0 aliphatic heterocycles. The van der Waals surface area contributed by atoms with Gasteiger partial charge in [-0.25, -0.2) is 4.68 Å². The van der Waals surface area contributed by atoms with Gasteiger partial charge < -0.3 is 15.8 Å².